The molecule has 12 heteroatoms. The van der Waals surface area contributed by atoms with E-state index in [-0.39, 0.29) is 13.0 Å². The number of nitrogens with one attached hydrogen (secondary N) is 2. The first-order valence-electron chi connectivity index (χ1n) is 13.8. The zero-order chi connectivity index (χ0) is 30.1. The van der Waals surface area contributed by atoms with Gasteiger partial charge in [0.15, 0.2) is 0 Å². The zero-order valence-corrected chi connectivity index (χ0v) is 25.3. The monoisotopic (exact) mass is 601 g/mol. The van der Waals surface area contributed by atoms with Crippen molar-refractivity contribution in [1.29, 1.82) is 0 Å². The fraction of sp³-hybridized carbons (Fsp3) is 0.643. The van der Waals surface area contributed by atoms with Crippen molar-refractivity contribution >= 4 is 52.5 Å². The second kappa shape index (κ2) is 19.6. The van der Waals surface area contributed by atoms with E-state index in [2.05, 4.69) is 15.5 Å². The molecule has 0 aliphatic heterocycles. The van der Waals surface area contributed by atoms with Crippen molar-refractivity contribution in [1.82, 2.24) is 15.5 Å². The van der Waals surface area contributed by atoms with Crippen LogP contribution in [0.4, 0.5) is 5.69 Å². The Labute approximate surface area is 247 Å². The molecule has 1 aromatic carbocycles. The number of aryl methyl sites for hydroxylation is 1. The first kappa shape index (κ1) is 35.6. The van der Waals surface area contributed by atoms with Crippen molar-refractivity contribution in [3.8, 4) is 0 Å². The number of aliphatic hydroxyl groups is 1. The summed E-state index contributed by atoms with van der Waals surface area (Å²) >= 11 is 11.8. The van der Waals surface area contributed by atoms with Crippen LogP contribution in [0.2, 0.25) is 0 Å². The van der Waals surface area contributed by atoms with E-state index in [1.165, 1.54) is 20.8 Å². The molecule has 0 saturated heterocycles. The van der Waals surface area contributed by atoms with Gasteiger partial charge in [0.25, 0.3) is 5.91 Å². The number of carbonyl (C=O) groups excluding carboxylic acids is 4. The summed E-state index contributed by atoms with van der Waals surface area (Å²) in [5.41, 5.74) is 7.63. The highest BCUT2D eigenvalue weighted by molar-refractivity contribution is 6.18. The summed E-state index contributed by atoms with van der Waals surface area (Å²) < 4.78 is 0. The Bertz CT molecular complexity index is 926. The molecule has 0 bridgehead atoms. The largest absolute Gasteiger partial charge is 0.396 e. The summed E-state index contributed by atoms with van der Waals surface area (Å²) in [6.07, 6.45) is 3.14. The standard InChI is InChI=1S/C28H45Cl2N5O5/c1-20(31)26(38)33-21(2)28(40)35(22(3)27(39)32-16-5-4-6-19-36)25(37)9-7-8-23-10-12-24(13-11-23)34(17-14-29)18-15-30/h10-13,20-22,36H,4-9,14-19,31H2,1-3H3,(H,32,39)(H,33,38)/t20-,21-,22-/m0/s1. The second-order valence-electron chi connectivity index (χ2n) is 9.76. The average Bonchev–Trinajstić information content (AvgIpc) is 2.93. The highest BCUT2D eigenvalue weighted by atomic mass is 35.5. The fourth-order valence-electron chi connectivity index (χ4n) is 4.05. The molecule has 226 valence electrons. The second-order valence-corrected chi connectivity index (χ2v) is 10.5. The van der Waals surface area contributed by atoms with Crippen molar-refractivity contribution < 1.29 is 24.3 Å². The molecular weight excluding hydrogens is 557 g/mol. The van der Waals surface area contributed by atoms with Crippen molar-refractivity contribution in [3.63, 3.8) is 0 Å². The minimum atomic E-state index is -1.07. The molecule has 40 heavy (non-hydrogen) atoms. The van der Waals surface area contributed by atoms with Crippen molar-refractivity contribution in [3.05, 3.63) is 29.8 Å². The van der Waals surface area contributed by atoms with Crippen LogP contribution in [-0.4, -0.2) is 89.8 Å². The molecule has 0 spiro atoms. The van der Waals surface area contributed by atoms with Crippen molar-refractivity contribution in [2.45, 2.75) is 77.4 Å². The molecule has 0 radical (unpaired) electrons. The molecule has 1 rings (SSSR count). The highest BCUT2D eigenvalue weighted by Crippen LogP contribution is 2.18. The van der Waals surface area contributed by atoms with Gasteiger partial charge in [-0.15, -0.1) is 23.2 Å². The van der Waals surface area contributed by atoms with Gasteiger partial charge in [-0.25, -0.2) is 0 Å². The first-order chi connectivity index (χ1) is 19.1. The maximum atomic E-state index is 13.3. The molecule has 0 unspecified atom stereocenters. The van der Waals surface area contributed by atoms with Crippen LogP contribution in [0, 0.1) is 0 Å². The zero-order valence-electron chi connectivity index (χ0n) is 23.8. The minimum absolute atomic E-state index is 0.0419. The summed E-state index contributed by atoms with van der Waals surface area (Å²) in [7, 11) is 0. The molecule has 10 nitrogen and oxygen atoms in total. The number of hydrogen-bond donors (Lipinski definition) is 4. The van der Waals surface area contributed by atoms with Crippen LogP contribution in [0.5, 0.6) is 0 Å². The van der Waals surface area contributed by atoms with Gasteiger partial charge < -0.3 is 26.4 Å². The van der Waals surface area contributed by atoms with Gasteiger partial charge in [-0.1, -0.05) is 12.1 Å². The van der Waals surface area contributed by atoms with Gasteiger partial charge in [-0.05, 0) is 70.6 Å². The number of hydrogen-bond acceptors (Lipinski definition) is 7. The van der Waals surface area contributed by atoms with Crippen LogP contribution in [-0.2, 0) is 25.6 Å². The predicted octanol–water partition coefficient (Wildman–Crippen LogP) is 2.17. The molecular formula is C28H45Cl2N5O5. The van der Waals surface area contributed by atoms with Gasteiger partial charge in [0.2, 0.25) is 17.7 Å². The Balaban J connectivity index is 2.89. The van der Waals surface area contributed by atoms with Crippen molar-refractivity contribution in [2.24, 2.45) is 5.73 Å². The van der Waals surface area contributed by atoms with Gasteiger partial charge in [-0.2, -0.15) is 0 Å². The van der Waals surface area contributed by atoms with Gasteiger partial charge in [0, 0.05) is 50.1 Å². The molecule has 3 atom stereocenters. The Morgan fingerprint density at radius 2 is 1.55 bits per heavy atom. The smallest absolute Gasteiger partial charge is 0.252 e. The van der Waals surface area contributed by atoms with E-state index in [1.54, 1.807) is 0 Å². The van der Waals surface area contributed by atoms with Crippen LogP contribution >= 0.6 is 23.2 Å². The summed E-state index contributed by atoms with van der Waals surface area (Å²) in [6.45, 7) is 6.25. The summed E-state index contributed by atoms with van der Waals surface area (Å²) in [5.74, 6) is -1.20. The minimum Gasteiger partial charge on any atom is -0.396 e. The number of amides is 4. The molecule has 0 aliphatic rings. The Hall–Kier alpha value is -2.40. The highest BCUT2D eigenvalue weighted by Gasteiger charge is 2.34. The van der Waals surface area contributed by atoms with E-state index in [0.29, 0.717) is 57.1 Å². The third-order valence-electron chi connectivity index (χ3n) is 6.42. The molecule has 0 heterocycles. The number of halogens is 2. The quantitative estimate of drug-likeness (QED) is 0.140. The van der Waals surface area contributed by atoms with Crippen LogP contribution in [0.25, 0.3) is 0 Å². The lowest BCUT2D eigenvalue weighted by atomic mass is 10.1. The number of nitrogens with two attached hydrogens (primary N) is 1. The van der Waals surface area contributed by atoms with E-state index < -0.39 is 41.8 Å². The van der Waals surface area contributed by atoms with Gasteiger partial charge in [0.05, 0.1) is 6.04 Å². The van der Waals surface area contributed by atoms with E-state index in [9.17, 15) is 19.2 Å². The predicted molar refractivity (Wildman–Crippen MR) is 160 cm³/mol. The fourth-order valence-corrected chi connectivity index (χ4v) is 4.45. The van der Waals surface area contributed by atoms with E-state index in [4.69, 9.17) is 34.0 Å². The van der Waals surface area contributed by atoms with Crippen molar-refractivity contribution in [2.75, 3.05) is 42.9 Å². The van der Waals surface area contributed by atoms with Gasteiger partial charge >= 0.3 is 0 Å². The number of benzene rings is 1. The first-order valence-corrected chi connectivity index (χ1v) is 14.9. The van der Waals surface area contributed by atoms with E-state index in [0.717, 1.165) is 22.6 Å². The lowest BCUT2D eigenvalue weighted by molar-refractivity contribution is -0.153. The van der Waals surface area contributed by atoms with E-state index >= 15 is 0 Å². The van der Waals surface area contributed by atoms with Crippen LogP contribution < -0.4 is 21.3 Å². The summed E-state index contributed by atoms with van der Waals surface area (Å²) in [6, 6.07) is 5.00. The maximum Gasteiger partial charge on any atom is 0.252 e. The lowest BCUT2D eigenvalue weighted by Crippen LogP contribution is -2.57. The number of unbranched alkanes of at least 4 members (excludes halogenated alkanes) is 2. The number of imide groups is 1. The Morgan fingerprint density at radius 1 is 0.925 bits per heavy atom. The van der Waals surface area contributed by atoms with Crippen LogP contribution in [0.1, 0.15) is 58.4 Å². The normalized spacial score (nSPS) is 13.2. The SMILES string of the molecule is C[C@H](N)C(=O)N[C@@H](C)C(=O)N(C(=O)CCCc1ccc(N(CCCl)CCCl)cc1)[C@@H](C)C(=O)NCCCCCO. The van der Waals surface area contributed by atoms with Crippen LogP contribution in [0.3, 0.4) is 0 Å². The molecule has 1 aromatic rings. The van der Waals surface area contributed by atoms with E-state index in [1.807, 2.05) is 24.3 Å². The molecule has 0 fully saturated rings. The molecule has 0 aromatic heterocycles. The number of nitrogens with zero attached hydrogens (tertiary/aromatic N) is 2. The number of carbonyl (C=O) groups is 4. The molecule has 0 saturated carbocycles. The molecule has 4 amide bonds. The summed E-state index contributed by atoms with van der Waals surface area (Å²) in [4.78, 5) is 54.4. The maximum absolute atomic E-state index is 13.3. The summed E-state index contributed by atoms with van der Waals surface area (Å²) in [5, 5.41) is 14.2. The number of aliphatic hydroxyl groups excluding tert-OH is 1. The number of anilines is 1. The topological polar surface area (TPSA) is 145 Å². The van der Waals surface area contributed by atoms with Gasteiger partial charge in [-0.3, -0.25) is 24.1 Å². The molecule has 5 N–H and O–H groups in total. The molecule has 0 aliphatic carbocycles. The average molecular weight is 603 g/mol. The Morgan fingerprint density at radius 3 is 2.10 bits per heavy atom. The third kappa shape index (κ3) is 12.4. The van der Waals surface area contributed by atoms with Crippen LogP contribution in [0.15, 0.2) is 24.3 Å². The lowest BCUT2D eigenvalue weighted by Gasteiger charge is -2.29. The number of rotatable bonds is 19. The third-order valence-corrected chi connectivity index (χ3v) is 6.75. The number of alkyl halides is 2. The Kier molecular flexibility index (Phi) is 17.5. The van der Waals surface area contributed by atoms with Gasteiger partial charge in [0.1, 0.15) is 12.1 Å².